The molecular weight excluding hydrogens is 418 g/mol. The van der Waals surface area contributed by atoms with Crippen LogP contribution >= 0.6 is 0 Å². The zero-order valence-corrected chi connectivity index (χ0v) is 18.7. The number of phenols is 4. The average molecular weight is 438 g/mol. The van der Waals surface area contributed by atoms with Crippen LogP contribution in [0.3, 0.4) is 0 Å². The van der Waals surface area contributed by atoms with Crippen molar-refractivity contribution in [2.24, 2.45) is 0 Å². The zero-order chi connectivity index (χ0) is 20.4. The molecule has 0 saturated heterocycles. The minimum atomic E-state index is -4.69. The molecule has 142 valence electrons. The van der Waals surface area contributed by atoms with Crippen molar-refractivity contribution in [3.05, 3.63) is 97.1 Å². The van der Waals surface area contributed by atoms with Gasteiger partial charge in [0.25, 0.3) is 0 Å². The van der Waals surface area contributed by atoms with Gasteiger partial charge in [-0.3, -0.25) is 0 Å². The Bertz CT molecular complexity index is 985. The van der Waals surface area contributed by atoms with Crippen molar-refractivity contribution in [2.75, 3.05) is 0 Å². The maximum atomic E-state index is 10.9. The van der Waals surface area contributed by atoms with Gasteiger partial charge < -0.3 is 0 Å². The molecule has 4 nitrogen and oxygen atoms in total. The molecule has 4 aromatic carbocycles. The van der Waals surface area contributed by atoms with Gasteiger partial charge in [0.15, 0.2) is 0 Å². The van der Waals surface area contributed by atoms with Crippen molar-refractivity contribution in [3.63, 3.8) is 0 Å². The molecule has 0 unspecified atom stereocenters. The molecule has 29 heavy (non-hydrogen) atoms. The van der Waals surface area contributed by atoms with E-state index >= 15 is 0 Å². The molecule has 4 N–H and O–H groups in total. The van der Waals surface area contributed by atoms with E-state index in [2.05, 4.69) is 0 Å². The van der Waals surface area contributed by atoms with E-state index in [4.69, 9.17) is 0 Å². The third-order valence-electron chi connectivity index (χ3n) is 6.25. The fraction of sp³-hybridized carbons (Fsp3) is 0. The predicted octanol–water partition coefficient (Wildman–Crippen LogP) is 2.26. The van der Waals surface area contributed by atoms with Gasteiger partial charge in [0.2, 0.25) is 0 Å². The first kappa shape index (κ1) is 19.0. The number of benzene rings is 4. The fourth-order valence-corrected chi connectivity index (χ4v) is 19.9. The van der Waals surface area contributed by atoms with Gasteiger partial charge in [-0.2, -0.15) is 0 Å². The van der Waals surface area contributed by atoms with E-state index in [0.717, 1.165) is 0 Å². The van der Waals surface area contributed by atoms with Crippen molar-refractivity contribution >= 4 is 16.6 Å². The number of aromatic hydroxyl groups is 4. The van der Waals surface area contributed by atoms with E-state index in [0.29, 0.717) is 16.6 Å². The first-order valence-corrected chi connectivity index (χ1v) is 15.6. The molecule has 0 heterocycles. The number of rotatable bonds is 4. The summed E-state index contributed by atoms with van der Waals surface area (Å²) in [5.74, 6) is 0.286. The van der Waals surface area contributed by atoms with Gasteiger partial charge in [-0.05, 0) is 0 Å². The van der Waals surface area contributed by atoms with Crippen LogP contribution in [0.5, 0.6) is 23.0 Å². The number of hydrogen-bond donors (Lipinski definition) is 4. The van der Waals surface area contributed by atoms with E-state index in [1.165, 1.54) is 0 Å². The molecule has 4 rings (SSSR count). The van der Waals surface area contributed by atoms with Crippen LogP contribution in [-0.2, 0) is 14.8 Å². The molecule has 5 heteroatoms. The summed E-state index contributed by atoms with van der Waals surface area (Å²) in [6.07, 6.45) is 0. The fourth-order valence-electron chi connectivity index (χ4n) is 5.07. The van der Waals surface area contributed by atoms with Crippen LogP contribution < -0.4 is 16.6 Å². The van der Waals surface area contributed by atoms with Crippen LogP contribution in [0.1, 0.15) is 0 Å². The van der Waals surface area contributed by atoms with Crippen molar-refractivity contribution < 1.29 is 35.2 Å². The topological polar surface area (TPSA) is 80.9 Å². The van der Waals surface area contributed by atoms with E-state index in [1.54, 1.807) is 48.5 Å². The summed E-state index contributed by atoms with van der Waals surface area (Å²) in [5.41, 5.74) is 0. The van der Waals surface area contributed by atoms with Gasteiger partial charge in [0.1, 0.15) is 0 Å². The van der Waals surface area contributed by atoms with Gasteiger partial charge in [-0.25, -0.2) is 0 Å². The summed E-state index contributed by atoms with van der Waals surface area (Å²) in [5, 5.41) is 43.7. The molecule has 0 bridgehead atoms. The van der Waals surface area contributed by atoms with Crippen molar-refractivity contribution in [2.45, 2.75) is 0 Å². The molecule has 0 aliphatic carbocycles. The maximum absolute atomic E-state index is 10.9. The number of hydrogen-bond acceptors (Lipinski definition) is 4. The summed E-state index contributed by atoms with van der Waals surface area (Å²) >= 11 is -4.69. The summed E-state index contributed by atoms with van der Waals surface area (Å²) in [6, 6.07) is 27.9. The molecule has 0 amide bonds. The molecular formula is C24H20O4Zn. The first-order valence-electron chi connectivity index (χ1n) is 9.62. The normalized spacial score (nSPS) is 10.8. The van der Waals surface area contributed by atoms with Gasteiger partial charge in [0, 0.05) is 0 Å². The second kappa shape index (κ2) is 7.61. The Labute approximate surface area is 171 Å². The zero-order valence-electron chi connectivity index (χ0n) is 15.7. The van der Waals surface area contributed by atoms with Crippen molar-refractivity contribution in [1.82, 2.24) is 0 Å². The second-order valence-electron chi connectivity index (χ2n) is 7.58. The Morgan fingerprint density at radius 2 is 0.552 bits per heavy atom. The van der Waals surface area contributed by atoms with Crippen molar-refractivity contribution in [3.8, 4) is 23.0 Å². The Morgan fingerprint density at radius 3 is 0.759 bits per heavy atom. The van der Waals surface area contributed by atoms with Crippen molar-refractivity contribution in [1.29, 1.82) is 0 Å². The van der Waals surface area contributed by atoms with E-state index < -0.39 is 14.8 Å². The second-order valence-corrected chi connectivity index (χ2v) is 18.4. The molecule has 0 saturated carbocycles. The number of phenolic OH excluding ortho intramolecular Hbond substituents is 4. The van der Waals surface area contributed by atoms with Gasteiger partial charge in [0.05, 0.1) is 0 Å². The predicted molar refractivity (Wildman–Crippen MR) is 111 cm³/mol. The van der Waals surface area contributed by atoms with Gasteiger partial charge in [-0.15, -0.1) is 0 Å². The standard InChI is InChI=1S/4C6H5O.Zn/c4*7-6-4-2-1-3-5-6;/h4*1-4,7H;. The molecule has 0 fully saturated rings. The Kier molecular flexibility index (Phi) is 5.00. The molecule has 4 aromatic rings. The third kappa shape index (κ3) is 3.04. The molecule has 0 aliphatic heterocycles. The minimum absolute atomic E-state index is 0.0715. The molecule has 0 radical (unpaired) electrons. The van der Waals surface area contributed by atoms with E-state index in [9.17, 15) is 20.4 Å². The van der Waals surface area contributed by atoms with Crippen LogP contribution in [0, 0.1) is 0 Å². The molecule has 0 aliphatic rings. The average Bonchev–Trinajstić information content (AvgIpc) is 2.73. The Hall–Kier alpha value is -3.30. The van der Waals surface area contributed by atoms with E-state index in [1.807, 2.05) is 48.5 Å². The van der Waals surface area contributed by atoms with Crippen LogP contribution in [0.25, 0.3) is 0 Å². The van der Waals surface area contributed by atoms with Crippen LogP contribution in [0.2, 0.25) is 0 Å². The number of para-hydroxylation sites is 4. The summed E-state index contributed by atoms with van der Waals surface area (Å²) in [6.45, 7) is 0. The Balaban J connectivity index is 2.28. The summed E-state index contributed by atoms with van der Waals surface area (Å²) < 4.78 is 2.56. The molecule has 0 atom stereocenters. The Morgan fingerprint density at radius 1 is 0.345 bits per heavy atom. The van der Waals surface area contributed by atoms with Gasteiger partial charge in [-0.1, -0.05) is 0 Å². The quantitative estimate of drug-likeness (QED) is 0.369. The van der Waals surface area contributed by atoms with E-state index in [-0.39, 0.29) is 23.0 Å². The monoisotopic (exact) mass is 436 g/mol. The van der Waals surface area contributed by atoms with Crippen LogP contribution in [0.4, 0.5) is 0 Å². The molecule has 0 spiro atoms. The van der Waals surface area contributed by atoms with Crippen LogP contribution in [0.15, 0.2) is 97.1 Å². The third-order valence-corrected chi connectivity index (χ3v) is 20.9. The first-order chi connectivity index (χ1) is 14.1. The SMILES string of the molecule is Oc1cccc[c]1[Zn]([c]1ccccc1O)([c]1ccccc1O)[c]1ccccc1O. The summed E-state index contributed by atoms with van der Waals surface area (Å²) in [4.78, 5) is 0. The summed E-state index contributed by atoms with van der Waals surface area (Å²) in [7, 11) is 0. The van der Waals surface area contributed by atoms with Gasteiger partial charge >= 0.3 is 172 Å². The van der Waals surface area contributed by atoms with Crippen LogP contribution in [-0.4, -0.2) is 20.4 Å². The molecule has 0 aromatic heterocycles.